The zero-order chi connectivity index (χ0) is 56.0. The van der Waals surface area contributed by atoms with Gasteiger partial charge >= 0.3 is 0 Å². The molecule has 428 valence electrons. The number of hydrogen-bond acceptors (Lipinski definition) is 10. The molecule has 11 nitrogen and oxygen atoms in total. The van der Waals surface area contributed by atoms with Gasteiger partial charge in [0.2, 0.25) is 0 Å². The van der Waals surface area contributed by atoms with Crippen LogP contribution in [-0.2, 0) is 27.8 Å². The van der Waals surface area contributed by atoms with E-state index in [1.807, 2.05) is 30.3 Å². The Morgan fingerprint density at radius 1 is 0.778 bits per heavy atom. The van der Waals surface area contributed by atoms with Crippen molar-refractivity contribution in [3.63, 3.8) is 0 Å². The fourth-order valence-corrected chi connectivity index (χ4v) is 15.4. The lowest BCUT2D eigenvalue weighted by atomic mass is 9.60. The molecule has 4 aromatic carbocycles. The van der Waals surface area contributed by atoms with Crippen molar-refractivity contribution in [2.75, 3.05) is 32.1 Å². The van der Waals surface area contributed by atoms with Crippen LogP contribution in [0.15, 0.2) is 115 Å². The van der Waals surface area contributed by atoms with Gasteiger partial charge in [-0.15, -0.1) is 0 Å². The van der Waals surface area contributed by atoms with Gasteiger partial charge in [-0.1, -0.05) is 137 Å². The van der Waals surface area contributed by atoms with Crippen molar-refractivity contribution in [2.24, 2.45) is 35.5 Å². The number of allylic oxidation sites excluding steroid dienone is 2. The minimum Gasteiger partial charge on any atom is -0.504 e. The van der Waals surface area contributed by atoms with Crippen LogP contribution in [0, 0.1) is 47.3 Å². The Morgan fingerprint density at radius 3 is 2.40 bits per heavy atom. The zero-order valence-corrected chi connectivity index (χ0v) is 47.7. The lowest BCUT2D eigenvalue weighted by Crippen LogP contribution is -2.48. The van der Waals surface area contributed by atoms with Gasteiger partial charge in [-0.25, -0.2) is 0 Å². The van der Waals surface area contributed by atoms with Crippen LogP contribution in [0.3, 0.4) is 0 Å². The van der Waals surface area contributed by atoms with Crippen molar-refractivity contribution in [1.29, 1.82) is 0 Å². The molecule has 8 N–H and O–H groups in total. The first-order valence-electron chi connectivity index (χ1n) is 30.8. The number of β-amino-alcohol motifs (C(OH)–C–C–N with tert-alkyl or cyclic N) is 1. The number of carbonyl (C=O) groups is 2. The van der Waals surface area contributed by atoms with Crippen molar-refractivity contribution in [2.45, 2.75) is 164 Å². The molecule has 4 aliphatic carbocycles. The number of hydrogen-bond donors (Lipinski definition) is 8. The van der Waals surface area contributed by atoms with Crippen molar-refractivity contribution >= 4 is 28.0 Å². The molecule has 3 fully saturated rings. The molecule has 6 aliphatic rings. The second-order valence-electron chi connectivity index (χ2n) is 25.3. The van der Waals surface area contributed by atoms with E-state index in [0.29, 0.717) is 51.2 Å². The van der Waals surface area contributed by atoms with E-state index in [-0.39, 0.29) is 48.0 Å². The van der Waals surface area contributed by atoms with Crippen LogP contribution in [0.5, 0.6) is 11.5 Å². The molecule has 11 heteroatoms. The Bertz CT molecular complexity index is 3140. The van der Waals surface area contributed by atoms with Crippen LogP contribution in [0.4, 0.5) is 5.69 Å². The van der Waals surface area contributed by atoms with Gasteiger partial charge in [0.05, 0.1) is 25.2 Å². The number of aryl methyl sites for hydroxylation is 1. The summed E-state index contributed by atoms with van der Waals surface area (Å²) in [4.78, 5) is 33.7. The first-order valence-corrected chi connectivity index (χ1v) is 30.8. The summed E-state index contributed by atoms with van der Waals surface area (Å²) in [7, 11) is 1.50. The number of aromatic amines is 1. The SMILES string of the molecule is COc1cc2c(cc1O)[C@@H](c1ccccc1)C#C[C@H]1C[C@H]3CC4=CCNC(=C4)Nc4ccc5ccc(cc5c4)C[C@H](O)CNC[C@@H](C)c4c[nH]c(c4)C4(CCCCC4)[C@H](O)[C@@H](CCC4CCCCC4)[C@@H](C3)C[C@@H]1C(=O)[C@@H](O)C(=O)CC2. The number of aliphatic hydroxyl groups is 3. The Balaban J connectivity index is 1.05. The van der Waals surface area contributed by atoms with Gasteiger partial charge < -0.3 is 46.1 Å². The van der Waals surface area contributed by atoms with E-state index in [2.05, 4.69) is 101 Å². The summed E-state index contributed by atoms with van der Waals surface area (Å²) < 4.78 is 5.58. The van der Waals surface area contributed by atoms with Crippen molar-refractivity contribution in [3.8, 4) is 23.3 Å². The number of H-pyrrole nitrogens is 1. The summed E-state index contributed by atoms with van der Waals surface area (Å²) in [6.45, 7) is 4.01. The highest BCUT2D eigenvalue weighted by Gasteiger charge is 2.50. The standard InChI is InChI=1S/C70H86N4O7/c1-44-41-71-43-57(75)34-46-16-18-49-19-22-56(36-53(49)31-46)74-66-35-47(26-29-72-66)30-48-32-51-20-24-58(50-14-8-4-9-15-50)60-40-63(77)64(81-2)38-52(60)21-25-62(76)68(79)67(78)61(51)37-54(33-48)59(23-17-45-12-6-3-7-13-45)69(80)70(27-10-5-11-28-70)65-39-55(44)42-73-65/h4,8-9,14-16,18-19,22,26,31,35-36,38-40,42,44-45,48,51,54,57-59,61,68-69,71-75,77,79-80H,3,5-7,10-13,17,21,23,25,27-30,32-34,37,41,43H2,1-2H3/t44-,48-,51+,54+,57+,58-,59+,61+,68+,69-/m1/s1. The molecule has 1 spiro atoms. The highest BCUT2D eigenvalue weighted by atomic mass is 16.5. The Hall–Kier alpha value is -6.16. The third-order valence-electron chi connectivity index (χ3n) is 19.9. The number of anilines is 1. The number of Topliss-reactive ketones (excluding diaryl/α,β-unsaturated/α-hetero) is 2. The summed E-state index contributed by atoms with van der Waals surface area (Å²) in [5.41, 5.74) is 7.39. The average Bonchev–Trinajstić information content (AvgIpc) is 3.94. The fourth-order valence-electron chi connectivity index (χ4n) is 15.4. The van der Waals surface area contributed by atoms with E-state index in [1.165, 1.54) is 50.4 Å². The van der Waals surface area contributed by atoms with Gasteiger partial charge in [0.1, 0.15) is 5.82 Å². The van der Waals surface area contributed by atoms with E-state index in [1.54, 1.807) is 12.1 Å². The second kappa shape index (κ2) is 25.5. The number of rotatable bonds is 5. The third kappa shape index (κ3) is 12.9. The number of aromatic nitrogens is 1. The smallest absolute Gasteiger partial charge is 0.173 e. The van der Waals surface area contributed by atoms with Crippen molar-refractivity contribution in [3.05, 3.63) is 148 Å². The molecule has 0 amide bonds. The number of benzene rings is 4. The van der Waals surface area contributed by atoms with Crippen LogP contribution in [0.2, 0.25) is 0 Å². The second-order valence-corrected chi connectivity index (χ2v) is 25.3. The number of phenols is 1. The molecule has 0 radical (unpaired) electrons. The number of dihydropyridines is 1. The van der Waals surface area contributed by atoms with Crippen LogP contribution >= 0.6 is 0 Å². The average molecular weight is 1100 g/mol. The molecular formula is C70H86N4O7. The van der Waals surface area contributed by atoms with E-state index in [4.69, 9.17) is 4.74 Å². The number of nitrogens with one attached hydrogen (secondary N) is 4. The number of methoxy groups -OCH3 is 1. The van der Waals surface area contributed by atoms with Crippen molar-refractivity contribution in [1.82, 2.24) is 15.6 Å². The van der Waals surface area contributed by atoms with Crippen LogP contribution < -0.4 is 20.7 Å². The van der Waals surface area contributed by atoms with Gasteiger partial charge in [-0.2, -0.15) is 0 Å². The predicted octanol–water partition coefficient (Wildman–Crippen LogP) is 11.8. The van der Waals surface area contributed by atoms with Crippen molar-refractivity contribution < 1.29 is 34.8 Å². The van der Waals surface area contributed by atoms with Crippen LogP contribution in [-0.4, -0.2) is 82.0 Å². The lowest BCUT2D eigenvalue weighted by molar-refractivity contribution is -0.142. The molecule has 9 bridgehead atoms. The first-order chi connectivity index (χ1) is 39.4. The zero-order valence-electron chi connectivity index (χ0n) is 47.7. The molecule has 11 rings (SSSR count). The molecule has 3 heterocycles. The minimum atomic E-state index is -1.82. The number of fused-ring (bicyclic) bond motifs is 10. The molecule has 0 saturated heterocycles. The summed E-state index contributed by atoms with van der Waals surface area (Å²) in [6.07, 6.45) is 19.4. The van der Waals surface area contributed by atoms with E-state index in [0.717, 1.165) is 102 Å². The van der Waals surface area contributed by atoms with E-state index < -0.39 is 53.0 Å². The monoisotopic (exact) mass is 1090 g/mol. The number of ketones is 2. The molecular weight excluding hydrogens is 1010 g/mol. The summed E-state index contributed by atoms with van der Waals surface area (Å²) in [6, 6.07) is 28.7. The van der Waals surface area contributed by atoms with Gasteiger partial charge in [0, 0.05) is 60.9 Å². The Morgan fingerprint density at radius 2 is 1.58 bits per heavy atom. The summed E-state index contributed by atoms with van der Waals surface area (Å²) >= 11 is 0. The molecule has 0 unspecified atom stereocenters. The summed E-state index contributed by atoms with van der Waals surface area (Å²) in [5, 5.41) is 61.8. The van der Waals surface area contributed by atoms with Gasteiger partial charge in [0.15, 0.2) is 29.2 Å². The molecule has 3 saturated carbocycles. The van der Waals surface area contributed by atoms with Gasteiger partial charge in [-0.3, -0.25) is 9.59 Å². The topological polar surface area (TPSA) is 176 Å². The maximum absolute atomic E-state index is 15.5. The Kier molecular flexibility index (Phi) is 17.9. The number of ether oxygens (including phenoxy) is 1. The number of carbonyl (C=O) groups excluding carboxylic acids is 2. The predicted molar refractivity (Wildman–Crippen MR) is 321 cm³/mol. The lowest BCUT2D eigenvalue weighted by Gasteiger charge is -2.47. The van der Waals surface area contributed by atoms with Gasteiger partial charge in [0.25, 0.3) is 0 Å². The quantitative estimate of drug-likeness (QED) is 0.0625. The van der Waals surface area contributed by atoms with Crippen LogP contribution in [0.25, 0.3) is 10.8 Å². The summed E-state index contributed by atoms with van der Waals surface area (Å²) in [5.74, 6) is 6.34. The van der Waals surface area contributed by atoms with Crippen LogP contribution in [0.1, 0.15) is 161 Å². The normalized spacial score (nSPS) is 28.9. The van der Waals surface area contributed by atoms with E-state index in [9.17, 15) is 25.2 Å². The molecule has 2 aliphatic heterocycles. The fraction of sp³-hybridized carbons (Fsp3) is 0.514. The Labute approximate surface area is 479 Å². The molecule has 1 aromatic heterocycles. The minimum absolute atomic E-state index is 0.0220. The highest BCUT2D eigenvalue weighted by molar-refractivity contribution is 6.06. The molecule has 10 atom stereocenters. The number of aromatic hydroxyl groups is 1. The van der Waals surface area contributed by atoms with E-state index >= 15 is 4.79 Å². The third-order valence-corrected chi connectivity index (χ3v) is 19.9. The van der Waals surface area contributed by atoms with Gasteiger partial charge in [-0.05, 0) is 168 Å². The molecule has 5 aromatic rings. The number of aliphatic hydroxyl groups excluding tert-OH is 3. The molecule has 81 heavy (non-hydrogen) atoms. The maximum atomic E-state index is 15.5. The highest BCUT2D eigenvalue weighted by Crippen LogP contribution is 2.52. The maximum Gasteiger partial charge on any atom is 0.173 e. The first kappa shape index (κ1) is 56.7. The largest absolute Gasteiger partial charge is 0.504 e. The number of phenolic OH excluding ortho intramolecular Hbond substituents is 1.